The van der Waals surface area contributed by atoms with Gasteiger partial charge < -0.3 is 45.1 Å². The first-order valence-electron chi connectivity index (χ1n) is 35.3. The van der Waals surface area contributed by atoms with Crippen molar-refractivity contribution in [1.82, 2.24) is 5.32 Å². The second-order valence-corrected chi connectivity index (χ2v) is 24.6. The standard InChI is InChI=1S/C71H133NO10/c1-3-5-7-9-11-13-15-38-41-45-49-53-57-64(74)63(62-81-71-70(79)69(78)68(77)65(61-73)82-71)72-66(75)58-54-50-46-42-39-35-33-31-29-27-25-23-21-19-17-16-18-20-22-24-26-28-30-32-34-36-40-44-48-52-56-60-80-67(76)59-55-51-47-43-37-14-12-10-8-6-4-2/h18,20,24,26,53,57,63-65,68-71,73-74,77-79H,3-17,19,21-23,25,27-52,54-56,58-62H2,1-2H3,(H,72,75)/b20-18-,26-24-,57-53+. The normalized spacial score (nSPS) is 18.4. The van der Waals surface area contributed by atoms with Crippen molar-refractivity contribution in [3.05, 3.63) is 36.5 Å². The minimum absolute atomic E-state index is 0.00515. The Hall–Kier alpha value is -2.12. The Balaban J connectivity index is 1.97. The lowest BCUT2D eigenvalue weighted by Crippen LogP contribution is -2.60. The number of unbranched alkanes of at least 4 members (excludes halogenated alkanes) is 44. The third-order valence-electron chi connectivity index (χ3n) is 16.7. The number of aliphatic hydroxyl groups is 5. The number of rotatable bonds is 62. The predicted molar refractivity (Wildman–Crippen MR) is 343 cm³/mol. The monoisotopic (exact) mass is 1160 g/mol. The Kier molecular flexibility index (Phi) is 57.5. The molecule has 1 rings (SSSR count). The van der Waals surface area contributed by atoms with Gasteiger partial charge >= 0.3 is 5.97 Å². The van der Waals surface area contributed by atoms with Crippen LogP contribution < -0.4 is 5.32 Å². The molecule has 1 fully saturated rings. The fourth-order valence-electron chi connectivity index (χ4n) is 11.2. The van der Waals surface area contributed by atoms with E-state index in [-0.39, 0.29) is 18.5 Å². The number of ether oxygens (including phenoxy) is 3. The highest BCUT2D eigenvalue weighted by atomic mass is 16.7. The summed E-state index contributed by atoms with van der Waals surface area (Å²) >= 11 is 0. The van der Waals surface area contributed by atoms with Crippen LogP contribution in [0.3, 0.4) is 0 Å². The SMILES string of the molecule is CCCCCCCCCCCC/C=C/C(O)C(COC1OC(CO)C(O)C(O)C1O)NC(=O)CCCCCCCCCCCCCCCCC/C=C\C/C=C\CCCCCCCCCCCOC(=O)CCCCCCCCCCCCC. The lowest BCUT2D eigenvalue weighted by molar-refractivity contribution is -0.302. The van der Waals surface area contributed by atoms with E-state index in [0.29, 0.717) is 19.4 Å². The van der Waals surface area contributed by atoms with Crippen LogP contribution in [0.25, 0.3) is 0 Å². The highest BCUT2D eigenvalue weighted by Gasteiger charge is 2.44. The topological polar surface area (TPSA) is 175 Å². The van der Waals surface area contributed by atoms with E-state index in [2.05, 4.69) is 43.5 Å². The average molecular weight is 1160 g/mol. The van der Waals surface area contributed by atoms with Crippen LogP contribution >= 0.6 is 0 Å². The van der Waals surface area contributed by atoms with Gasteiger partial charge in [-0.05, 0) is 64.2 Å². The Morgan fingerprint density at radius 2 is 0.817 bits per heavy atom. The maximum Gasteiger partial charge on any atom is 0.305 e. The zero-order chi connectivity index (χ0) is 59.5. The van der Waals surface area contributed by atoms with Crippen molar-refractivity contribution in [2.24, 2.45) is 0 Å². The van der Waals surface area contributed by atoms with Gasteiger partial charge in [0.1, 0.15) is 24.4 Å². The van der Waals surface area contributed by atoms with Crippen LogP contribution in [0.15, 0.2) is 36.5 Å². The fraction of sp³-hybridized carbons (Fsp3) is 0.887. The Bertz CT molecular complexity index is 1460. The van der Waals surface area contributed by atoms with Crippen molar-refractivity contribution >= 4 is 11.9 Å². The van der Waals surface area contributed by atoms with Gasteiger partial charge in [0.05, 0.1) is 32.0 Å². The van der Waals surface area contributed by atoms with Crippen molar-refractivity contribution in [1.29, 1.82) is 0 Å². The molecule has 0 aromatic rings. The third-order valence-corrected chi connectivity index (χ3v) is 16.7. The molecule has 1 aliphatic heterocycles. The van der Waals surface area contributed by atoms with E-state index < -0.39 is 49.5 Å². The van der Waals surface area contributed by atoms with Gasteiger partial charge in [-0.2, -0.15) is 0 Å². The van der Waals surface area contributed by atoms with Gasteiger partial charge in [0, 0.05) is 12.8 Å². The van der Waals surface area contributed by atoms with Crippen molar-refractivity contribution in [2.45, 2.75) is 384 Å². The van der Waals surface area contributed by atoms with Gasteiger partial charge in [-0.3, -0.25) is 9.59 Å². The molecule has 6 N–H and O–H groups in total. The molecule has 1 aliphatic rings. The summed E-state index contributed by atoms with van der Waals surface area (Å²) in [7, 11) is 0. The first kappa shape index (κ1) is 77.9. The molecule has 0 aliphatic carbocycles. The second-order valence-electron chi connectivity index (χ2n) is 24.6. The smallest absolute Gasteiger partial charge is 0.305 e. The first-order chi connectivity index (χ1) is 40.2. The summed E-state index contributed by atoms with van der Waals surface area (Å²) in [6.07, 6.45) is 67.0. The zero-order valence-corrected chi connectivity index (χ0v) is 53.5. The number of carbonyl (C=O) groups excluding carboxylic acids is 2. The van der Waals surface area contributed by atoms with Gasteiger partial charge in [-0.15, -0.1) is 0 Å². The second kappa shape index (κ2) is 60.6. The lowest BCUT2D eigenvalue weighted by Gasteiger charge is -2.40. The molecule has 0 aromatic carbocycles. The van der Waals surface area contributed by atoms with Gasteiger partial charge in [-0.25, -0.2) is 0 Å². The van der Waals surface area contributed by atoms with Crippen LogP contribution in [0.2, 0.25) is 0 Å². The van der Waals surface area contributed by atoms with Crippen molar-refractivity contribution in [3.8, 4) is 0 Å². The maximum absolute atomic E-state index is 13.1. The molecule has 1 saturated heterocycles. The van der Waals surface area contributed by atoms with E-state index in [1.807, 2.05) is 6.08 Å². The van der Waals surface area contributed by atoms with E-state index in [0.717, 1.165) is 64.2 Å². The molecular weight excluding hydrogens is 1030 g/mol. The van der Waals surface area contributed by atoms with E-state index >= 15 is 0 Å². The average Bonchev–Trinajstić information content (AvgIpc) is 3.68. The number of carbonyl (C=O) groups is 2. The molecule has 0 aromatic heterocycles. The van der Waals surface area contributed by atoms with E-state index in [9.17, 15) is 35.1 Å². The molecule has 1 amide bonds. The van der Waals surface area contributed by atoms with E-state index in [4.69, 9.17) is 14.2 Å². The molecular formula is C71H133NO10. The number of esters is 1. The van der Waals surface area contributed by atoms with Gasteiger partial charge in [0.15, 0.2) is 6.29 Å². The number of aliphatic hydroxyl groups excluding tert-OH is 5. The summed E-state index contributed by atoms with van der Waals surface area (Å²) in [6, 6.07) is -0.809. The molecule has 482 valence electrons. The lowest BCUT2D eigenvalue weighted by atomic mass is 9.99. The molecule has 82 heavy (non-hydrogen) atoms. The van der Waals surface area contributed by atoms with Crippen LogP contribution in [0.4, 0.5) is 0 Å². The van der Waals surface area contributed by atoms with E-state index in [1.165, 1.54) is 250 Å². The summed E-state index contributed by atoms with van der Waals surface area (Å²) in [4.78, 5) is 25.1. The highest BCUT2D eigenvalue weighted by molar-refractivity contribution is 5.76. The highest BCUT2D eigenvalue weighted by Crippen LogP contribution is 2.23. The predicted octanol–water partition coefficient (Wildman–Crippen LogP) is 17.8. The molecule has 0 bridgehead atoms. The van der Waals surface area contributed by atoms with Crippen LogP contribution in [0.1, 0.15) is 341 Å². The van der Waals surface area contributed by atoms with Crippen LogP contribution in [0, 0.1) is 0 Å². The number of amides is 1. The molecule has 1 heterocycles. The van der Waals surface area contributed by atoms with Crippen LogP contribution in [-0.2, 0) is 23.8 Å². The van der Waals surface area contributed by atoms with Crippen LogP contribution in [0.5, 0.6) is 0 Å². The van der Waals surface area contributed by atoms with Gasteiger partial charge in [0.2, 0.25) is 5.91 Å². The van der Waals surface area contributed by atoms with Crippen molar-refractivity contribution in [3.63, 3.8) is 0 Å². The van der Waals surface area contributed by atoms with Gasteiger partial charge in [0.25, 0.3) is 0 Å². The molecule has 0 spiro atoms. The molecule has 11 heteroatoms. The van der Waals surface area contributed by atoms with Gasteiger partial charge in [-0.1, -0.05) is 301 Å². The fourth-order valence-corrected chi connectivity index (χ4v) is 11.2. The Morgan fingerprint density at radius 1 is 0.451 bits per heavy atom. The minimum atomic E-state index is -1.57. The summed E-state index contributed by atoms with van der Waals surface area (Å²) in [5.74, 6) is -0.175. The number of hydrogen-bond donors (Lipinski definition) is 6. The molecule has 7 atom stereocenters. The molecule has 0 saturated carbocycles. The minimum Gasteiger partial charge on any atom is -0.466 e. The summed E-state index contributed by atoms with van der Waals surface area (Å²) in [6.45, 7) is 4.36. The molecule has 0 radical (unpaired) electrons. The van der Waals surface area contributed by atoms with Crippen molar-refractivity contribution < 1.29 is 49.3 Å². The third kappa shape index (κ3) is 49.0. The maximum atomic E-state index is 13.1. The van der Waals surface area contributed by atoms with Crippen LogP contribution in [-0.4, -0.2) is 100 Å². The Labute approximate surface area is 504 Å². The van der Waals surface area contributed by atoms with E-state index in [1.54, 1.807) is 6.08 Å². The van der Waals surface area contributed by atoms with Crippen molar-refractivity contribution in [2.75, 3.05) is 19.8 Å². The Morgan fingerprint density at radius 3 is 1.23 bits per heavy atom. The summed E-state index contributed by atoms with van der Waals surface area (Å²) in [5.41, 5.74) is 0. The number of hydrogen-bond acceptors (Lipinski definition) is 10. The largest absolute Gasteiger partial charge is 0.466 e. The quantitative estimate of drug-likeness (QED) is 0.0195. The number of nitrogens with one attached hydrogen (secondary N) is 1. The molecule has 7 unspecified atom stereocenters. The first-order valence-corrected chi connectivity index (χ1v) is 35.3. The number of allylic oxidation sites excluding steroid dienone is 5. The summed E-state index contributed by atoms with van der Waals surface area (Å²) < 4.78 is 16.7. The summed E-state index contributed by atoms with van der Waals surface area (Å²) in [5, 5.41) is 54.5. The molecule has 11 nitrogen and oxygen atoms in total. The zero-order valence-electron chi connectivity index (χ0n) is 53.5.